The second-order valence-corrected chi connectivity index (χ2v) is 9.95. The van der Waals surface area contributed by atoms with Gasteiger partial charge in [0.25, 0.3) is 0 Å². The Hall–Kier alpha value is -0.670. The monoisotopic (exact) mass is 352 g/mol. The summed E-state index contributed by atoms with van der Waals surface area (Å²) in [4.78, 5) is 0. The largest absolute Gasteiger partial charge is 0.426 e. The highest BCUT2D eigenvalue weighted by molar-refractivity contribution is 7.42. The van der Waals surface area contributed by atoms with Crippen LogP contribution in [0.3, 0.4) is 0 Å². The van der Waals surface area contributed by atoms with Gasteiger partial charge in [-0.1, -0.05) is 59.2 Å². The molecule has 0 aromatic heterocycles. The Morgan fingerprint density at radius 1 is 0.917 bits per heavy atom. The summed E-state index contributed by atoms with van der Waals surface area (Å²) < 4.78 is 23.4. The van der Waals surface area contributed by atoms with Gasteiger partial charge in [-0.25, -0.2) is 0 Å². The van der Waals surface area contributed by atoms with E-state index >= 15 is 0 Å². The average Bonchev–Trinajstić information content (AvgIpc) is 3.19. The SMILES string of the molecule is Cc1cc(C(C)(C)C)c(OP2OCC3OC3CO2)c(C(C)(C)C)c1. The zero-order chi connectivity index (χ0) is 17.7. The summed E-state index contributed by atoms with van der Waals surface area (Å²) in [5.74, 6) is 0.920. The fourth-order valence-electron chi connectivity index (χ4n) is 2.89. The molecule has 2 atom stereocenters. The smallest absolute Gasteiger partial charge is 0.397 e. The van der Waals surface area contributed by atoms with E-state index in [2.05, 4.69) is 60.6 Å². The van der Waals surface area contributed by atoms with Crippen LogP contribution in [0.2, 0.25) is 0 Å². The summed E-state index contributed by atoms with van der Waals surface area (Å²) in [6, 6.07) is 4.44. The molecule has 2 unspecified atom stereocenters. The second-order valence-electron chi connectivity index (χ2n) is 8.81. The number of hydrogen-bond acceptors (Lipinski definition) is 4. The minimum Gasteiger partial charge on any atom is -0.426 e. The van der Waals surface area contributed by atoms with Gasteiger partial charge in [0.15, 0.2) is 0 Å². The first kappa shape index (κ1) is 18.1. The van der Waals surface area contributed by atoms with Crippen molar-refractivity contribution >= 4 is 8.60 Å². The van der Waals surface area contributed by atoms with Gasteiger partial charge in [0.1, 0.15) is 18.0 Å². The third kappa shape index (κ3) is 3.94. The van der Waals surface area contributed by atoms with E-state index in [-0.39, 0.29) is 23.0 Å². The summed E-state index contributed by atoms with van der Waals surface area (Å²) in [6.07, 6.45) is 0.367. The molecular weight excluding hydrogens is 323 g/mol. The van der Waals surface area contributed by atoms with Crippen LogP contribution in [0.1, 0.15) is 58.2 Å². The van der Waals surface area contributed by atoms with E-state index in [0.717, 1.165) is 5.75 Å². The number of fused-ring (bicyclic) bond motifs is 1. The van der Waals surface area contributed by atoms with Crippen molar-refractivity contribution in [3.05, 3.63) is 28.8 Å². The van der Waals surface area contributed by atoms with Gasteiger partial charge in [0.2, 0.25) is 0 Å². The molecule has 0 aliphatic carbocycles. The van der Waals surface area contributed by atoms with Crippen LogP contribution in [0.4, 0.5) is 0 Å². The standard InChI is InChI=1S/C19H29O4P/c1-12-8-13(18(2,3)4)17(14(9-12)19(5,6)7)23-24-20-10-15-16(22-15)11-21-24/h8-9,15-16H,10-11H2,1-7H3. The second kappa shape index (κ2) is 6.25. The van der Waals surface area contributed by atoms with Crippen LogP contribution in [0.25, 0.3) is 0 Å². The lowest BCUT2D eigenvalue weighted by Crippen LogP contribution is -2.19. The van der Waals surface area contributed by atoms with Crippen LogP contribution in [-0.2, 0) is 24.6 Å². The van der Waals surface area contributed by atoms with Gasteiger partial charge in [-0.3, -0.25) is 9.05 Å². The average molecular weight is 352 g/mol. The third-order valence-corrected chi connectivity index (χ3v) is 5.44. The molecular formula is C19H29O4P. The molecule has 2 heterocycles. The number of ether oxygens (including phenoxy) is 1. The molecule has 2 saturated heterocycles. The van der Waals surface area contributed by atoms with Gasteiger partial charge in [0.05, 0.1) is 13.2 Å². The summed E-state index contributed by atoms with van der Waals surface area (Å²) in [5.41, 5.74) is 3.62. The first-order valence-electron chi connectivity index (χ1n) is 8.61. The minimum absolute atomic E-state index is 0.0201. The lowest BCUT2D eigenvalue weighted by atomic mass is 9.78. The van der Waals surface area contributed by atoms with E-state index in [0.29, 0.717) is 13.2 Å². The van der Waals surface area contributed by atoms with Crippen LogP contribution >= 0.6 is 8.60 Å². The summed E-state index contributed by atoms with van der Waals surface area (Å²) in [5, 5.41) is 0. The fraction of sp³-hybridized carbons (Fsp3) is 0.684. The van der Waals surface area contributed by atoms with E-state index in [1.54, 1.807) is 0 Å². The summed E-state index contributed by atoms with van der Waals surface area (Å²) >= 11 is 0. The Morgan fingerprint density at radius 2 is 1.38 bits per heavy atom. The van der Waals surface area contributed by atoms with Gasteiger partial charge in [-0.2, -0.15) is 0 Å². The molecule has 4 nitrogen and oxygen atoms in total. The zero-order valence-electron chi connectivity index (χ0n) is 15.8. The van der Waals surface area contributed by atoms with Gasteiger partial charge >= 0.3 is 8.60 Å². The number of rotatable bonds is 2. The van der Waals surface area contributed by atoms with Crippen molar-refractivity contribution in [2.45, 2.75) is 71.5 Å². The van der Waals surface area contributed by atoms with Crippen molar-refractivity contribution in [3.63, 3.8) is 0 Å². The van der Waals surface area contributed by atoms with Gasteiger partial charge in [-0.15, -0.1) is 0 Å². The molecule has 2 fully saturated rings. The number of epoxide rings is 1. The Kier molecular flexibility index (Phi) is 4.72. The highest BCUT2D eigenvalue weighted by Crippen LogP contribution is 2.50. The quantitative estimate of drug-likeness (QED) is 0.554. The molecule has 0 radical (unpaired) electrons. The normalized spacial score (nSPS) is 27.4. The Balaban J connectivity index is 1.96. The van der Waals surface area contributed by atoms with Crippen molar-refractivity contribution in [3.8, 4) is 5.75 Å². The van der Waals surface area contributed by atoms with Crippen LogP contribution in [0.15, 0.2) is 12.1 Å². The lowest BCUT2D eigenvalue weighted by molar-refractivity contribution is 0.170. The van der Waals surface area contributed by atoms with E-state index in [1.807, 2.05) is 0 Å². The van der Waals surface area contributed by atoms with Crippen molar-refractivity contribution in [2.24, 2.45) is 0 Å². The van der Waals surface area contributed by atoms with Crippen LogP contribution in [0.5, 0.6) is 5.75 Å². The van der Waals surface area contributed by atoms with Crippen LogP contribution < -0.4 is 4.52 Å². The fourth-order valence-corrected chi connectivity index (χ4v) is 3.95. The Labute approximate surface area is 146 Å². The molecule has 0 N–H and O–H groups in total. The summed E-state index contributed by atoms with van der Waals surface area (Å²) in [6.45, 7) is 16.5. The molecule has 1 aromatic carbocycles. The predicted octanol–water partition coefficient (Wildman–Crippen LogP) is 5.01. The Morgan fingerprint density at radius 3 is 1.79 bits per heavy atom. The first-order valence-corrected chi connectivity index (χ1v) is 9.70. The van der Waals surface area contributed by atoms with Crippen molar-refractivity contribution in [1.82, 2.24) is 0 Å². The van der Waals surface area contributed by atoms with Crippen LogP contribution in [-0.4, -0.2) is 25.4 Å². The minimum atomic E-state index is -1.39. The van der Waals surface area contributed by atoms with E-state index in [4.69, 9.17) is 18.3 Å². The molecule has 134 valence electrons. The van der Waals surface area contributed by atoms with E-state index < -0.39 is 8.60 Å². The molecule has 0 spiro atoms. The van der Waals surface area contributed by atoms with Gasteiger partial charge in [0, 0.05) is 11.1 Å². The van der Waals surface area contributed by atoms with E-state index in [9.17, 15) is 0 Å². The number of benzene rings is 1. The molecule has 3 rings (SSSR count). The molecule has 24 heavy (non-hydrogen) atoms. The van der Waals surface area contributed by atoms with Gasteiger partial charge in [-0.05, 0) is 17.8 Å². The van der Waals surface area contributed by atoms with Crippen LogP contribution in [0, 0.1) is 6.92 Å². The maximum atomic E-state index is 6.34. The number of hydrogen-bond donors (Lipinski definition) is 0. The lowest BCUT2D eigenvalue weighted by Gasteiger charge is -2.31. The molecule has 1 aromatic rings. The maximum absolute atomic E-state index is 6.34. The topological polar surface area (TPSA) is 40.2 Å². The molecule has 2 aliphatic rings. The van der Waals surface area contributed by atoms with Gasteiger partial charge < -0.3 is 9.26 Å². The Bertz CT molecular complexity index is 568. The highest BCUT2D eigenvalue weighted by Gasteiger charge is 2.44. The molecule has 0 saturated carbocycles. The summed E-state index contributed by atoms with van der Waals surface area (Å²) in [7, 11) is -1.39. The van der Waals surface area contributed by atoms with Crippen molar-refractivity contribution in [2.75, 3.05) is 13.2 Å². The molecule has 5 heteroatoms. The zero-order valence-corrected chi connectivity index (χ0v) is 16.7. The van der Waals surface area contributed by atoms with Crippen molar-refractivity contribution in [1.29, 1.82) is 0 Å². The molecule has 0 bridgehead atoms. The highest BCUT2D eigenvalue weighted by atomic mass is 31.2. The first-order chi connectivity index (χ1) is 11.1. The molecule has 2 aliphatic heterocycles. The van der Waals surface area contributed by atoms with Crippen molar-refractivity contribution < 1.29 is 18.3 Å². The molecule has 0 amide bonds. The van der Waals surface area contributed by atoms with E-state index in [1.165, 1.54) is 16.7 Å². The third-order valence-electron chi connectivity index (χ3n) is 4.39. The predicted molar refractivity (Wildman–Crippen MR) is 96.7 cm³/mol. The number of aryl methyl sites for hydroxylation is 1. The maximum Gasteiger partial charge on any atom is 0.397 e.